The van der Waals surface area contributed by atoms with Crippen molar-refractivity contribution in [1.82, 2.24) is 4.98 Å². The maximum Gasteiger partial charge on any atom is 0.217 e. The van der Waals surface area contributed by atoms with Crippen LogP contribution < -0.4 is 19.8 Å². The third-order valence-electron chi connectivity index (χ3n) is 5.01. The van der Waals surface area contributed by atoms with E-state index in [0.29, 0.717) is 43.9 Å². The zero-order chi connectivity index (χ0) is 22.9. The number of hydrazone groups is 1. The molecule has 3 aromatic rings. The van der Waals surface area contributed by atoms with Crippen LogP contribution in [-0.4, -0.2) is 50.7 Å². The monoisotopic (exact) mass is 450 g/mol. The van der Waals surface area contributed by atoms with E-state index >= 15 is 0 Å². The van der Waals surface area contributed by atoms with E-state index in [1.165, 1.54) is 17.7 Å². The molecule has 2 aromatic carbocycles. The Morgan fingerprint density at radius 3 is 2.64 bits per heavy atom. The molecule has 0 radical (unpaired) electrons. The lowest BCUT2D eigenvalue weighted by atomic mass is 10.2. The van der Waals surface area contributed by atoms with Crippen LogP contribution >= 0.6 is 0 Å². The summed E-state index contributed by atoms with van der Waals surface area (Å²) in [5.74, 6) is 1.34. The van der Waals surface area contributed by atoms with Crippen molar-refractivity contribution in [2.24, 2.45) is 5.10 Å². The molecule has 1 saturated heterocycles. The molecule has 0 unspecified atom stereocenters. The van der Waals surface area contributed by atoms with Crippen LogP contribution in [0.1, 0.15) is 11.1 Å². The van der Waals surface area contributed by atoms with Gasteiger partial charge in [0.15, 0.2) is 5.82 Å². The molecule has 0 amide bonds. The lowest BCUT2D eigenvalue weighted by Crippen LogP contribution is -2.36. The third-order valence-corrected chi connectivity index (χ3v) is 5.01. The van der Waals surface area contributed by atoms with Crippen LogP contribution in [0.5, 0.6) is 11.6 Å². The van der Waals surface area contributed by atoms with Crippen molar-refractivity contribution >= 4 is 17.7 Å². The van der Waals surface area contributed by atoms with E-state index in [0.717, 1.165) is 24.3 Å². The van der Waals surface area contributed by atoms with E-state index in [1.54, 1.807) is 18.3 Å². The first-order valence-corrected chi connectivity index (χ1v) is 10.9. The molecule has 1 aromatic heterocycles. The molecule has 1 N–H and O–H groups in total. The van der Waals surface area contributed by atoms with Gasteiger partial charge in [-0.15, -0.1) is 0 Å². The van der Waals surface area contributed by atoms with Crippen LogP contribution in [0.2, 0.25) is 0 Å². The summed E-state index contributed by atoms with van der Waals surface area (Å²) < 4.78 is 29.9. The molecule has 1 aliphatic rings. The minimum atomic E-state index is -0.298. The summed E-state index contributed by atoms with van der Waals surface area (Å²) in [4.78, 5) is 6.75. The van der Waals surface area contributed by atoms with Crippen molar-refractivity contribution in [2.75, 3.05) is 49.8 Å². The first kappa shape index (κ1) is 22.5. The number of hydrogen-bond donors (Lipinski definition) is 1. The number of nitrogens with one attached hydrogen (secondary N) is 1. The quantitative estimate of drug-likeness (QED) is 0.298. The number of rotatable bonds is 9. The van der Waals surface area contributed by atoms with Crippen molar-refractivity contribution in [3.8, 4) is 11.6 Å². The first-order valence-electron chi connectivity index (χ1n) is 10.9. The van der Waals surface area contributed by atoms with Crippen molar-refractivity contribution in [2.45, 2.75) is 6.92 Å². The summed E-state index contributed by atoms with van der Waals surface area (Å²) in [5, 5.41) is 4.33. The van der Waals surface area contributed by atoms with E-state index in [-0.39, 0.29) is 5.82 Å². The molecule has 2 heterocycles. The molecule has 4 rings (SSSR count). The molecular weight excluding hydrogens is 423 g/mol. The van der Waals surface area contributed by atoms with Gasteiger partial charge in [0.1, 0.15) is 24.8 Å². The van der Waals surface area contributed by atoms with Gasteiger partial charge in [-0.3, -0.25) is 5.43 Å². The molecule has 0 spiro atoms. The maximum atomic E-state index is 13.0. The van der Waals surface area contributed by atoms with Crippen molar-refractivity contribution in [3.05, 3.63) is 77.6 Å². The highest BCUT2D eigenvalue weighted by Crippen LogP contribution is 2.25. The smallest absolute Gasteiger partial charge is 0.217 e. The number of ether oxygens (including phenoxy) is 3. The van der Waals surface area contributed by atoms with Crippen LogP contribution in [0.3, 0.4) is 0 Å². The summed E-state index contributed by atoms with van der Waals surface area (Å²) in [5.41, 5.74) is 6.16. The highest BCUT2D eigenvalue weighted by Gasteiger charge is 2.14. The Morgan fingerprint density at radius 2 is 1.85 bits per heavy atom. The molecule has 0 bridgehead atoms. The summed E-state index contributed by atoms with van der Waals surface area (Å²) in [6.07, 6.45) is 1.76. The fraction of sp³-hybridized carbons (Fsp3) is 0.280. The van der Waals surface area contributed by atoms with Crippen molar-refractivity contribution < 1.29 is 18.6 Å². The van der Waals surface area contributed by atoms with Gasteiger partial charge < -0.3 is 19.1 Å². The van der Waals surface area contributed by atoms with Gasteiger partial charge in [0.25, 0.3) is 0 Å². The Morgan fingerprint density at radius 1 is 1.06 bits per heavy atom. The SMILES string of the molecule is Cc1cccc(C=NNc2cc(N3CCOCC3)cc(OCCOc3ccc(F)cc3)n2)c1. The second-order valence-corrected chi connectivity index (χ2v) is 7.58. The van der Waals surface area contributed by atoms with E-state index < -0.39 is 0 Å². The number of halogens is 1. The van der Waals surface area contributed by atoms with E-state index in [4.69, 9.17) is 14.2 Å². The van der Waals surface area contributed by atoms with Crippen LogP contribution in [0.4, 0.5) is 15.9 Å². The Labute approximate surface area is 192 Å². The molecule has 172 valence electrons. The number of nitrogens with zero attached hydrogens (tertiary/aromatic N) is 3. The average Bonchev–Trinajstić information content (AvgIpc) is 2.83. The number of aryl methyl sites for hydroxylation is 1. The van der Waals surface area contributed by atoms with E-state index in [2.05, 4.69) is 26.5 Å². The summed E-state index contributed by atoms with van der Waals surface area (Å²) in [6, 6.07) is 17.8. The minimum Gasteiger partial charge on any atom is -0.490 e. The number of hydrogen-bond acceptors (Lipinski definition) is 7. The average molecular weight is 451 g/mol. The van der Waals surface area contributed by atoms with Crippen LogP contribution in [0, 0.1) is 12.7 Å². The van der Waals surface area contributed by atoms with Gasteiger partial charge in [0.05, 0.1) is 19.4 Å². The zero-order valence-electron chi connectivity index (χ0n) is 18.5. The van der Waals surface area contributed by atoms with Crippen LogP contribution in [-0.2, 0) is 4.74 Å². The summed E-state index contributed by atoms with van der Waals surface area (Å²) in [6.45, 7) is 5.59. The Balaban J connectivity index is 1.41. The van der Waals surface area contributed by atoms with Gasteiger partial charge in [-0.25, -0.2) is 4.39 Å². The van der Waals surface area contributed by atoms with Gasteiger partial charge in [-0.2, -0.15) is 10.1 Å². The molecule has 0 atom stereocenters. The van der Waals surface area contributed by atoms with Crippen molar-refractivity contribution in [3.63, 3.8) is 0 Å². The second kappa shape index (κ2) is 11.3. The Bertz CT molecular complexity index is 1070. The topological polar surface area (TPSA) is 68.2 Å². The lowest BCUT2D eigenvalue weighted by Gasteiger charge is -2.29. The van der Waals surface area contributed by atoms with Gasteiger partial charge in [0, 0.05) is 30.9 Å². The van der Waals surface area contributed by atoms with E-state index in [1.807, 2.05) is 37.3 Å². The fourth-order valence-electron chi connectivity index (χ4n) is 3.39. The first-order chi connectivity index (χ1) is 16.2. The highest BCUT2D eigenvalue weighted by atomic mass is 19.1. The number of morpholine rings is 1. The molecule has 1 aliphatic heterocycles. The van der Waals surface area contributed by atoms with Gasteiger partial charge in [-0.05, 0) is 36.8 Å². The summed E-state index contributed by atoms with van der Waals surface area (Å²) >= 11 is 0. The summed E-state index contributed by atoms with van der Waals surface area (Å²) in [7, 11) is 0. The molecule has 7 nitrogen and oxygen atoms in total. The van der Waals surface area contributed by atoms with E-state index in [9.17, 15) is 4.39 Å². The van der Waals surface area contributed by atoms with Crippen molar-refractivity contribution in [1.29, 1.82) is 0 Å². The molecule has 0 aliphatic carbocycles. The zero-order valence-corrected chi connectivity index (χ0v) is 18.5. The van der Waals surface area contributed by atoms with Gasteiger partial charge in [-0.1, -0.05) is 29.8 Å². The van der Waals surface area contributed by atoms with Gasteiger partial charge in [0.2, 0.25) is 5.88 Å². The molecule has 8 heteroatoms. The number of aromatic nitrogens is 1. The second-order valence-electron chi connectivity index (χ2n) is 7.58. The maximum absolute atomic E-state index is 13.0. The fourth-order valence-corrected chi connectivity index (χ4v) is 3.39. The molecule has 1 fully saturated rings. The number of pyridine rings is 1. The minimum absolute atomic E-state index is 0.295. The highest BCUT2D eigenvalue weighted by molar-refractivity contribution is 5.80. The van der Waals surface area contributed by atoms with Crippen LogP contribution in [0.25, 0.3) is 0 Å². The third kappa shape index (κ3) is 6.92. The van der Waals surface area contributed by atoms with Gasteiger partial charge >= 0.3 is 0 Å². The lowest BCUT2D eigenvalue weighted by molar-refractivity contribution is 0.122. The normalized spacial score (nSPS) is 13.8. The van der Waals surface area contributed by atoms with Crippen LogP contribution in [0.15, 0.2) is 65.8 Å². The molecule has 33 heavy (non-hydrogen) atoms. The Hall–Kier alpha value is -3.65. The predicted molar refractivity (Wildman–Crippen MR) is 127 cm³/mol. The largest absolute Gasteiger partial charge is 0.490 e. The molecular formula is C25H27FN4O3. The predicted octanol–water partition coefficient (Wildman–Crippen LogP) is 4.27. The standard InChI is InChI=1S/C25H27FN4O3/c1-19-3-2-4-20(15-19)18-27-29-24-16-22(30-9-11-31-12-10-30)17-25(28-24)33-14-13-32-23-7-5-21(26)6-8-23/h2-8,15-18H,9-14H2,1H3,(H,28,29). The number of benzene rings is 2. The number of anilines is 2. The Kier molecular flexibility index (Phi) is 7.71. The molecule has 0 saturated carbocycles.